The summed E-state index contributed by atoms with van der Waals surface area (Å²) in [6.45, 7) is 0.619. The summed E-state index contributed by atoms with van der Waals surface area (Å²) < 4.78 is 9.43. The van der Waals surface area contributed by atoms with Crippen molar-refractivity contribution in [3.05, 3.63) is 77.7 Å². The average molecular weight is 461 g/mol. The largest absolute Gasteiger partial charge is 0.424 e. The molecule has 0 radical (unpaired) electrons. The number of anilines is 3. The first-order valence-corrected chi connectivity index (χ1v) is 10.6. The van der Waals surface area contributed by atoms with E-state index in [0.717, 1.165) is 34.1 Å². The third-order valence-corrected chi connectivity index (χ3v) is 5.24. The van der Waals surface area contributed by atoms with Gasteiger partial charge < -0.3 is 19.9 Å². The van der Waals surface area contributed by atoms with Gasteiger partial charge in [-0.3, -0.25) is 4.68 Å². The molecule has 3 heterocycles. The predicted molar refractivity (Wildman–Crippen MR) is 128 cm³/mol. The highest BCUT2D eigenvalue weighted by molar-refractivity contribution is 6.30. The van der Waals surface area contributed by atoms with Crippen molar-refractivity contribution in [1.82, 2.24) is 29.3 Å². The molecule has 33 heavy (non-hydrogen) atoms. The van der Waals surface area contributed by atoms with E-state index in [9.17, 15) is 0 Å². The van der Waals surface area contributed by atoms with Crippen molar-refractivity contribution in [2.75, 3.05) is 10.6 Å². The SMILES string of the molecule is Cn1ccc(Nc2ccc3nc(NCc4ccc(Oc5ncc(Cl)cn5)cc4)n(C)c3c2)n1. The van der Waals surface area contributed by atoms with Crippen LogP contribution in [0.4, 0.5) is 17.5 Å². The van der Waals surface area contributed by atoms with Crippen LogP contribution >= 0.6 is 11.6 Å². The van der Waals surface area contributed by atoms with E-state index < -0.39 is 0 Å². The van der Waals surface area contributed by atoms with Gasteiger partial charge in [0.05, 0.1) is 28.4 Å². The Kier molecular flexibility index (Phi) is 5.54. The lowest BCUT2D eigenvalue weighted by molar-refractivity contribution is 0.441. The molecule has 0 unspecified atom stereocenters. The Morgan fingerprint density at radius 3 is 2.52 bits per heavy atom. The monoisotopic (exact) mass is 460 g/mol. The second-order valence-electron chi connectivity index (χ2n) is 7.48. The maximum atomic E-state index is 5.80. The minimum atomic E-state index is 0.252. The molecule has 3 aromatic heterocycles. The second kappa shape index (κ2) is 8.79. The molecule has 5 rings (SSSR count). The van der Waals surface area contributed by atoms with E-state index in [4.69, 9.17) is 21.3 Å². The Balaban J connectivity index is 1.25. The van der Waals surface area contributed by atoms with Crippen LogP contribution in [0.25, 0.3) is 11.0 Å². The van der Waals surface area contributed by atoms with Crippen LogP contribution in [0.15, 0.2) is 67.1 Å². The number of nitrogens with one attached hydrogen (secondary N) is 2. The zero-order valence-corrected chi connectivity index (χ0v) is 18.8. The van der Waals surface area contributed by atoms with Crippen molar-refractivity contribution in [3.8, 4) is 11.8 Å². The van der Waals surface area contributed by atoms with Gasteiger partial charge in [-0.15, -0.1) is 0 Å². The molecule has 2 N–H and O–H groups in total. The molecule has 0 aliphatic heterocycles. The Morgan fingerprint density at radius 1 is 1.00 bits per heavy atom. The predicted octanol–water partition coefficient (Wildman–Crippen LogP) is 4.90. The lowest BCUT2D eigenvalue weighted by atomic mass is 10.2. The standard InChI is InChI=1S/C23H21ClN8O/c1-31-10-9-21(30-31)28-17-5-8-19-20(11-17)32(2)22(29-19)25-12-15-3-6-18(7-4-15)33-23-26-13-16(24)14-27-23/h3-11,13-14H,12H2,1-2H3,(H,25,29)(H,28,30). The zero-order valence-electron chi connectivity index (χ0n) is 18.0. The van der Waals surface area contributed by atoms with Crippen molar-refractivity contribution in [2.45, 2.75) is 6.54 Å². The van der Waals surface area contributed by atoms with Crippen molar-refractivity contribution in [1.29, 1.82) is 0 Å². The van der Waals surface area contributed by atoms with Crippen LogP contribution in [0.2, 0.25) is 5.02 Å². The first kappa shape index (κ1) is 20.8. The lowest BCUT2D eigenvalue weighted by Crippen LogP contribution is -2.05. The number of imidazole rings is 1. The minimum absolute atomic E-state index is 0.252. The first-order valence-electron chi connectivity index (χ1n) is 10.2. The number of fused-ring (bicyclic) bond motifs is 1. The molecule has 0 atom stereocenters. The van der Waals surface area contributed by atoms with E-state index >= 15 is 0 Å². The Labute approximate surface area is 195 Å². The molecule has 5 aromatic rings. The summed E-state index contributed by atoms with van der Waals surface area (Å²) in [7, 11) is 3.88. The molecular formula is C23H21ClN8O. The van der Waals surface area contributed by atoms with Gasteiger partial charge in [0.15, 0.2) is 5.82 Å². The zero-order chi connectivity index (χ0) is 22.8. The van der Waals surface area contributed by atoms with Gasteiger partial charge in [0.1, 0.15) is 5.75 Å². The Morgan fingerprint density at radius 2 is 1.79 bits per heavy atom. The molecule has 0 spiro atoms. The molecule has 10 heteroatoms. The van der Waals surface area contributed by atoms with Gasteiger partial charge in [-0.05, 0) is 35.9 Å². The minimum Gasteiger partial charge on any atom is -0.424 e. The first-order chi connectivity index (χ1) is 16.0. The Hall–Kier alpha value is -4.11. The highest BCUT2D eigenvalue weighted by Crippen LogP contribution is 2.25. The fraction of sp³-hybridized carbons (Fsp3) is 0.130. The van der Waals surface area contributed by atoms with Crippen LogP contribution in [-0.2, 0) is 20.6 Å². The smallest absolute Gasteiger partial charge is 0.321 e. The van der Waals surface area contributed by atoms with Crippen LogP contribution in [0, 0.1) is 0 Å². The second-order valence-corrected chi connectivity index (χ2v) is 7.92. The molecule has 0 aliphatic carbocycles. The summed E-state index contributed by atoms with van der Waals surface area (Å²) in [6.07, 6.45) is 4.89. The number of rotatable bonds is 7. The van der Waals surface area contributed by atoms with Gasteiger partial charge in [0, 0.05) is 38.6 Å². The summed E-state index contributed by atoms with van der Waals surface area (Å²) >= 11 is 5.80. The lowest BCUT2D eigenvalue weighted by Gasteiger charge is -2.08. The normalized spacial score (nSPS) is 11.0. The molecule has 0 aliphatic rings. The van der Waals surface area contributed by atoms with Crippen molar-refractivity contribution in [3.63, 3.8) is 0 Å². The van der Waals surface area contributed by atoms with E-state index in [1.54, 1.807) is 4.68 Å². The molecule has 0 fully saturated rings. The van der Waals surface area contributed by atoms with Crippen molar-refractivity contribution in [2.24, 2.45) is 14.1 Å². The summed E-state index contributed by atoms with van der Waals surface area (Å²) in [4.78, 5) is 12.8. The molecular weight excluding hydrogens is 440 g/mol. The van der Waals surface area contributed by atoms with Gasteiger partial charge in [0.2, 0.25) is 5.95 Å². The van der Waals surface area contributed by atoms with Gasteiger partial charge in [-0.25, -0.2) is 15.0 Å². The van der Waals surface area contributed by atoms with E-state index in [0.29, 0.717) is 17.3 Å². The summed E-state index contributed by atoms with van der Waals surface area (Å²) in [5.74, 6) is 2.24. The number of aryl methyl sites for hydroxylation is 2. The third kappa shape index (κ3) is 4.73. The number of nitrogens with zero attached hydrogens (tertiary/aromatic N) is 6. The fourth-order valence-corrected chi connectivity index (χ4v) is 3.47. The van der Waals surface area contributed by atoms with Crippen LogP contribution in [0.5, 0.6) is 11.8 Å². The Bertz CT molecular complexity index is 1390. The van der Waals surface area contributed by atoms with Gasteiger partial charge in [-0.1, -0.05) is 23.7 Å². The van der Waals surface area contributed by atoms with Crippen LogP contribution in [0.1, 0.15) is 5.56 Å². The topological polar surface area (TPSA) is 94.7 Å². The average Bonchev–Trinajstić information content (AvgIpc) is 3.37. The van der Waals surface area contributed by atoms with Gasteiger partial charge in [0.25, 0.3) is 0 Å². The maximum absolute atomic E-state index is 5.80. The number of halogens is 1. The molecule has 166 valence electrons. The van der Waals surface area contributed by atoms with E-state index in [1.165, 1.54) is 12.4 Å². The molecule has 0 bridgehead atoms. The summed E-state index contributed by atoms with van der Waals surface area (Å²) in [6, 6.07) is 16.0. The van der Waals surface area contributed by atoms with Crippen molar-refractivity contribution >= 4 is 40.1 Å². The molecule has 0 saturated carbocycles. The molecule has 0 amide bonds. The van der Waals surface area contributed by atoms with Crippen molar-refractivity contribution < 1.29 is 4.74 Å². The third-order valence-electron chi connectivity index (χ3n) is 5.05. The number of ether oxygens (including phenoxy) is 1. The summed E-state index contributed by atoms with van der Waals surface area (Å²) in [5.41, 5.74) is 3.98. The van der Waals surface area contributed by atoms with Crippen LogP contribution in [0.3, 0.4) is 0 Å². The van der Waals surface area contributed by atoms with Gasteiger partial charge in [-0.2, -0.15) is 5.10 Å². The van der Waals surface area contributed by atoms with Crippen LogP contribution in [-0.4, -0.2) is 29.3 Å². The highest BCUT2D eigenvalue weighted by atomic mass is 35.5. The number of hydrogen-bond donors (Lipinski definition) is 2. The molecule has 2 aromatic carbocycles. The quantitative estimate of drug-likeness (QED) is 0.356. The fourth-order valence-electron chi connectivity index (χ4n) is 3.37. The van der Waals surface area contributed by atoms with E-state index in [-0.39, 0.29) is 6.01 Å². The number of benzene rings is 2. The molecule has 0 saturated heterocycles. The maximum Gasteiger partial charge on any atom is 0.321 e. The number of aromatic nitrogens is 6. The number of hydrogen-bond acceptors (Lipinski definition) is 7. The molecule has 9 nitrogen and oxygen atoms in total. The van der Waals surface area contributed by atoms with Gasteiger partial charge >= 0.3 is 6.01 Å². The van der Waals surface area contributed by atoms with E-state index in [2.05, 4.69) is 31.8 Å². The highest BCUT2D eigenvalue weighted by Gasteiger charge is 2.09. The van der Waals surface area contributed by atoms with E-state index in [1.807, 2.05) is 67.3 Å². The van der Waals surface area contributed by atoms with Crippen LogP contribution < -0.4 is 15.4 Å². The summed E-state index contributed by atoms with van der Waals surface area (Å²) in [5, 5.41) is 11.5.